The largest absolute Gasteiger partial charge is 0.497 e. The van der Waals surface area contributed by atoms with E-state index in [4.69, 9.17) is 19.3 Å². The van der Waals surface area contributed by atoms with E-state index in [1.165, 1.54) is 0 Å². The highest BCUT2D eigenvalue weighted by Gasteiger charge is 2.29. The average Bonchev–Trinajstić information content (AvgIpc) is 3.26. The third kappa shape index (κ3) is 3.96. The molecule has 0 aliphatic carbocycles. The Balaban J connectivity index is 2.17. The normalized spacial score (nSPS) is 12.6. The zero-order chi connectivity index (χ0) is 20.7. The molecule has 2 heterocycles. The highest BCUT2D eigenvalue weighted by Crippen LogP contribution is 2.41. The van der Waals surface area contributed by atoms with Gasteiger partial charge in [-0.25, -0.2) is 0 Å². The van der Waals surface area contributed by atoms with Crippen molar-refractivity contribution in [1.29, 1.82) is 0 Å². The lowest BCUT2D eigenvalue weighted by atomic mass is 9.92. The molecule has 4 heteroatoms. The fourth-order valence-corrected chi connectivity index (χ4v) is 3.20. The number of nitrogens with two attached hydrogens (primary N) is 1. The van der Waals surface area contributed by atoms with Gasteiger partial charge in [0.1, 0.15) is 34.7 Å². The number of anilines is 1. The number of nitrogen functional groups attached to an aromatic ring is 1. The van der Waals surface area contributed by atoms with Crippen molar-refractivity contribution in [2.24, 2.45) is 0 Å². The van der Waals surface area contributed by atoms with Crippen molar-refractivity contribution in [1.82, 2.24) is 0 Å². The zero-order valence-electron chi connectivity index (χ0n) is 17.9. The first-order valence-corrected chi connectivity index (χ1v) is 9.64. The number of furan rings is 2. The van der Waals surface area contributed by atoms with Gasteiger partial charge in [-0.15, -0.1) is 0 Å². The van der Waals surface area contributed by atoms with Gasteiger partial charge in [0.15, 0.2) is 0 Å². The maximum atomic E-state index is 6.37. The monoisotopic (exact) mass is 381 g/mol. The average molecular weight is 382 g/mol. The summed E-state index contributed by atoms with van der Waals surface area (Å²) >= 11 is 0. The summed E-state index contributed by atoms with van der Waals surface area (Å²) in [7, 11) is 1.65. The molecular formula is C24H31NO3. The molecule has 0 unspecified atom stereocenters. The van der Waals surface area contributed by atoms with Crippen LogP contribution in [0.5, 0.6) is 5.75 Å². The van der Waals surface area contributed by atoms with Crippen LogP contribution in [0.25, 0.3) is 0 Å². The van der Waals surface area contributed by atoms with Gasteiger partial charge in [-0.3, -0.25) is 0 Å². The molecule has 0 fully saturated rings. The molecule has 0 saturated carbocycles. The molecule has 0 aliphatic heterocycles. The van der Waals surface area contributed by atoms with Gasteiger partial charge in [0, 0.05) is 16.5 Å². The zero-order valence-corrected chi connectivity index (χ0v) is 17.9. The molecular weight excluding hydrogens is 350 g/mol. The smallest absolute Gasteiger partial charge is 0.119 e. The van der Waals surface area contributed by atoms with Crippen LogP contribution in [0.3, 0.4) is 0 Å². The Morgan fingerprint density at radius 3 is 1.68 bits per heavy atom. The highest BCUT2D eigenvalue weighted by molar-refractivity contribution is 5.56. The topological polar surface area (TPSA) is 61.5 Å². The minimum absolute atomic E-state index is 0.0809. The quantitative estimate of drug-likeness (QED) is 0.543. The van der Waals surface area contributed by atoms with Crippen LogP contribution in [0.4, 0.5) is 5.69 Å². The van der Waals surface area contributed by atoms with Crippen LogP contribution >= 0.6 is 0 Å². The standard InChI is InChI=1S/C24H31NO3/c1-23(2,3)20-12-10-18(27-20)22(16-14-15(26-7)8-9-17(16)25)19-11-13-21(28-19)24(4,5)6/h8-14,22H,25H2,1-7H3. The fraction of sp³-hybridized carbons (Fsp3) is 0.417. The molecule has 3 rings (SSSR count). The van der Waals surface area contributed by atoms with E-state index in [0.29, 0.717) is 5.69 Å². The molecule has 0 spiro atoms. The third-order valence-electron chi connectivity index (χ3n) is 4.91. The molecule has 0 radical (unpaired) electrons. The minimum atomic E-state index is -0.248. The lowest BCUT2D eigenvalue weighted by Gasteiger charge is -2.19. The van der Waals surface area contributed by atoms with Crippen LogP contribution in [0, 0.1) is 0 Å². The lowest BCUT2D eigenvalue weighted by Crippen LogP contribution is -2.10. The second kappa shape index (κ2) is 7.08. The Morgan fingerprint density at radius 1 is 0.786 bits per heavy atom. The molecule has 28 heavy (non-hydrogen) atoms. The summed E-state index contributed by atoms with van der Waals surface area (Å²) in [5.74, 6) is 3.97. The molecule has 2 aromatic heterocycles. The Morgan fingerprint density at radius 2 is 1.29 bits per heavy atom. The summed E-state index contributed by atoms with van der Waals surface area (Å²) in [4.78, 5) is 0. The van der Waals surface area contributed by atoms with E-state index >= 15 is 0 Å². The molecule has 0 atom stereocenters. The van der Waals surface area contributed by atoms with Crippen molar-refractivity contribution in [3.05, 3.63) is 71.1 Å². The highest BCUT2D eigenvalue weighted by atomic mass is 16.5. The number of hydrogen-bond acceptors (Lipinski definition) is 4. The van der Waals surface area contributed by atoms with Gasteiger partial charge in [-0.05, 0) is 48.0 Å². The second-order valence-corrected chi connectivity index (χ2v) is 9.33. The van der Waals surface area contributed by atoms with Gasteiger partial charge in [0.25, 0.3) is 0 Å². The number of rotatable bonds is 4. The van der Waals surface area contributed by atoms with Crippen LogP contribution in [0.15, 0.2) is 51.3 Å². The molecule has 4 nitrogen and oxygen atoms in total. The molecule has 150 valence electrons. The van der Waals surface area contributed by atoms with Crippen molar-refractivity contribution in [3.8, 4) is 5.75 Å². The third-order valence-corrected chi connectivity index (χ3v) is 4.91. The van der Waals surface area contributed by atoms with Crippen molar-refractivity contribution >= 4 is 5.69 Å². The van der Waals surface area contributed by atoms with E-state index in [-0.39, 0.29) is 16.7 Å². The first-order chi connectivity index (χ1) is 13.0. The molecule has 2 N–H and O–H groups in total. The van der Waals surface area contributed by atoms with E-state index in [1.807, 2.05) is 42.5 Å². The summed E-state index contributed by atoms with van der Waals surface area (Å²) in [6.45, 7) is 12.8. The van der Waals surface area contributed by atoms with Crippen LogP contribution in [-0.2, 0) is 10.8 Å². The molecule has 3 aromatic rings. The van der Waals surface area contributed by atoms with Gasteiger partial charge in [0.05, 0.1) is 7.11 Å². The second-order valence-electron chi connectivity index (χ2n) is 9.33. The van der Waals surface area contributed by atoms with Crippen LogP contribution in [0.1, 0.15) is 76.1 Å². The number of ether oxygens (including phenoxy) is 1. The fourth-order valence-electron chi connectivity index (χ4n) is 3.20. The number of benzene rings is 1. The van der Waals surface area contributed by atoms with Gasteiger partial charge in [-0.1, -0.05) is 41.5 Å². The summed E-state index contributed by atoms with van der Waals surface area (Å²) in [6, 6.07) is 13.8. The van der Waals surface area contributed by atoms with E-state index in [2.05, 4.69) is 41.5 Å². The summed E-state index contributed by atoms with van der Waals surface area (Å²) in [5, 5.41) is 0. The van der Waals surface area contributed by atoms with Crippen molar-refractivity contribution in [3.63, 3.8) is 0 Å². The van der Waals surface area contributed by atoms with E-state index in [9.17, 15) is 0 Å². The van der Waals surface area contributed by atoms with Crippen LogP contribution in [-0.4, -0.2) is 7.11 Å². The molecule has 0 bridgehead atoms. The van der Waals surface area contributed by atoms with E-state index < -0.39 is 0 Å². The first kappa shape index (κ1) is 20.1. The minimum Gasteiger partial charge on any atom is -0.497 e. The maximum absolute atomic E-state index is 6.37. The summed E-state index contributed by atoms with van der Waals surface area (Å²) in [6.07, 6.45) is 0. The summed E-state index contributed by atoms with van der Waals surface area (Å²) < 4.78 is 18.0. The van der Waals surface area contributed by atoms with Crippen LogP contribution < -0.4 is 10.5 Å². The SMILES string of the molecule is COc1ccc(N)c(C(c2ccc(C(C)(C)C)o2)c2ccc(C(C)(C)C)o2)c1. The Kier molecular flexibility index (Phi) is 5.09. The Labute approximate surface area is 167 Å². The predicted octanol–water partition coefficient (Wildman–Crippen LogP) is 6.24. The van der Waals surface area contributed by atoms with Gasteiger partial charge in [0.2, 0.25) is 0 Å². The first-order valence-electron chi connectivity index (χ1n) is 9.64. The van der Waals surface area contributed by atoms with Gasteiger partial charge < -0.3 is 19.3 Å². The Bertz CT molecular complexity index is 899. The number of methoxy groups -OCH3 is 1. The molecule has 0 aliphatic rings. The predicted molar refractivity (Wildman–Crippen MR) is 113 cm³/mol. The van der Waals surface area contributed by atoms with Gasteiger partial charge >= 0.3 is 0 Å². The van der Waals surface area contributed by atoms with Crippen molar-refractivity contribution in [2.45, 2.75) is 58.3 Å². The lowest BCUT2D eigenvalue weighted by molar-refractivity contribution is 0.354. The van der Waals surface area contributed by atoms with Crippen LogP contribution in [0.2, 0.25) is 0 Å². The van der Waals surface area contributed by atoms with Crippen molar-refractivity contribution < 1.29 is 13.6 Å². The molecule has 1 aromatic carbocycles. The van der Waals surface area contributed by atoms with E-state index in [1.54, 1.807) is 7.11 Å². The van der Waals surface area contributed by atoms with Gasteiger partial charge in [-0.2, -0.15) is 0 Å². The maximum Gasteiger partial charge on any atom is 0.119 e. The van der Waals surface area contributed by atoms with E-state index in [0.717, 1.165) is 34.4 Å². The molecule has 0 saturated heterocycles. The Hall–Kier alpha value is -2.62. The summed E-state index contributed by atoms with van der Waals surface area (Å²) in [5.41, 5.74) is 7.78. The number of hydrogen-bond donors (Lipinski definition) is 1. The van der Waals surface area contributed by atoms with Crippen molar-refractivity contribution in [2.75, 3.05) is 12.8 Å². The molecule has 0 amide bonds.